The summed E-state index contributed by atoms with van der Waals surface area (Å²) < 4.78 is 46.6. The zero-order chi connectivity index (χ0) is 45.5. The maximum absolute atomic E-state index is 14.8. The number of nitrogens with one attached hydrogen (secondary N) is 3. The monoisotopic (exact) mass is 880 g/mol. The summed E-state index contributed by atoms with van der Waals surface area (Å²) in [6, 6.07) is 17.9. The molecule has 0 spiro atoms. The highest BCUT2D eigenvalue weighted by atomic mass is 32.2. The van der Waals surface area contributed by atoms with Crippen molar-refractivity contribution in [1.82, 2.24) is 30.2 Å². The molecular formula is C47H56N6O9S. The molecule has 0 unspecified atom stereocenters. The Balaban J connectivity index is 1.20. The minimum Gasteiger partial charge on any atom is -0.497 e. The Morgan fingerprint density at radius 1 is 1.00 bits per heavy atom. The van der Waals surface area contributed by atoms with E-state index in [1.807, 2.05) is 42.5 Å². The van der Waals surface area contributed by atoms with Crippen LogP contribution in [-0.4, -0.2) is 94.8 Å². The van der Waals surface area contributed by atoms with Crippen LogP contribution in [0.15, 0.2) is 91.8 Å². The van der Waals surface area contributed by atoms with Gasteiger partial charge in [-0.3, -0.25) is 24.1 Å². The van der Waals surface area contributed by atoms with Gasteiger partial charge in [-0.15, -0.1) is 6.58 Å². The van der Waals surface area contributed by atoms with Crippen molar-refractivity contribution in [3.05, 3.63) is 97.3 Å². The number of ether oxygens (including phenoxy) is 3. The molecule has 2 aliphatic carbocycles. The lowest BCUT2D eigenvalue weighted by Crippen LogP contribution is -2.60. The van der Waals surface area contributed by atoms with Crippen LogP contribution in [0.2, 0.25) is 0 Å². The van der Waals surface area contributed by atoms with E-state index >= 15 is 0 Å². The Morgan fingerprint density at radius 3 is 2.33 bits per heavy atom. The minimum atomic E-state index is -4.20. The summed E-state index contributed by atoms with van der Waals surface area (Å²) in [5, 5.41) is 6.27. The van der Waals surface area contributed by atoms with Crippen molar-refractivity contribution < 1.29 is 41.8 Å². The number of methoxy groups -OCH3 is 1. The summed E-state index contributed by atoms with van der Waals surface area (Å²) in [6.45, 7) is 14.3. The molecule has 0 radical (unpaired) electrons. The van der Waals surface area contributed by atoms with Crippen molar-refractivity contribution in [3.63, 3.8) is 0 Å². The number of amides is 4. The van der Waals surface area contributed by atoms with E-state index in [1.54, 1.807) is 85.3 Å². The van der Waals surface area contributed by atoms with Crippen molar-refractivity contribution in [3.8, 4) is 22.8 Å². The van der Waals surface area contributed by atoms with Crippen molar-refractivity contribution in [2.45, 2.75) is 108 Å². The Bertz CT molecular complexity index is 2520. The number of carbonyl (C=O) groups excluding carboxylic acids is 4. The average Bonchev–Trinajstić information content (AvgIpc) is 4.13. The van der Waals surface area contributed by atoms with Gasteiger partial charge in [-0.05, 0) is 75.6 Å². The third-order valence-corrected chi connectivity index (χ3v) is 14.0. The molecule has 3 aliphatic rings. The van der Waals surface area contributed by atoms with E-state index in [1.165, 1.54) is 11.0 Å². The van der Waals surface area contributed by atoms with E-state index in [-0.39, 0.29) is 25.8 Å². The van der Waals surface area contributed by atoms with E-state index < -0.39 is 79.2 Å². The number of likely N-dealkylation sites (tertiary alicyclic amines) is 1. The molecule has 4 amide bonds. The molecule has 3 N–H and O–H groups in total. The molecule has 2 saturated carbocycles. The number of benzene rings is 2. The molecule has 334 valence electrons. The number of hydrogen-bond acceptors (Lipinski definition) is 11. The summed E-state index contributed by atoms with van der Waals surface area (Å²) in [5.74, 6) is -1.69. The van der Waals surface area contributed by atoms with Crippen molar-refractivity contribution in [1.29, 1.82) is 0 Å². The van der Waals surface area contributed by atoms with Gasteiger partial charge in [0, 0.05) is 47.8 Å². The molecule has 7 rings (SSSR count). The lowest BCUT2D eigenvalue weighted by molar-refractivity contribution is -0.143. The maximum Gasteiger partial charge on any atom is 0.408 e. The standard InChI is InChI=1S/C47H56N6O9S/c1-9-31-26-47(31,42(56)52-63(58,59)46(19-20-46)25-29-14-13-21-48-27-29)51-40(54)37-23-33(28-53(37)41(55)39(44(2,3)4)50-43(57)62-45(5,6)7)61-38-24-35(30-15-11-10-12-16-30)49-36-22-32(60-8)17-18-34(36)38/h9-18,21-22,24,27,31,33,37,39H,1,19-20,23,25-26,28H2,2-8H3,(H,50,57)(H,51,54)(H,52,56)/t31-,33-,37+,39-,47-/m1/s1. The molecule has 16 heteroatoms. The van der Waals surface area contributed by atoms with Crippen LogP contribution in [0.4, 0.5) is 4.79 Å². The second-order valence-corrected chi connectivity index (χ2v) is 20.9. The number of nitrogens with zero attached hydrogens (tertiary/aromatic N) is 3. The molecule has 1 saturated heterocycles. The van der Waals surface area contributed by atoms with Gasteiger partial charge in [0.15, 0.2) is 0 Å². The molecule has 2 aromatic heterocycles. The molecule has 3 fully saturated rings. The Hall–Kier alpha value is -6.03. The summed E-state index contributed by atoms with van der Waals surface area (Å²) in [4.78, 5) is 67.3. The van der Waals surface area contributed by atoms with Gasteiger partial charge in [0.1, 0.15) is 40.8 Å². The van der Waals surface area contributed by atoms with Gasteiger partial charge in [-0.2, -0.15) is 0 Å². The average molecular weight is 881 g/mol. The zero-order valence-electron chi connectivity index (χ0n) is 36.8. The molecule has 0 bridgehead atoms. The second-order valence-electron chi connectivity index (χ2n) is 18.8. The molecule has 15 nitrogen and oxygen atoms in total. The lowest BCUT2D eigenvalue weighted by Gasteiger charge is -2.36. The van der Waals surface area contributed by atoms with Crippen LogP contribution in [0.5, 0.6) is 11.5 Å². The fourth-order valence-corrected chi connectivity index (χ4v) is 9.80. The van der Waals surface area contributed by atoms with E-state index in [9.17, 15) is 27.6 Å². The molecule has 1 aliphatic heterocycles. The van der Waals surface area contributed by atoms with Crippen molar-refractivity contribution in [2.75, 3.05) is 13.7 Å². The summed E-state index contributed by atoms with van der Waals surface area (Å²) in [5.41, 5.74) is -0.570. The van der Waals surface area contributed by atoms with Crippen molar-refractivity contribution >= 4 is 44.7 Å². The van der Waals surface area contributed by atoms with Gasteiger partial charge in [-0.25, -0.2) is 18.2 Å². The molecule has 5 atom stereocenters. The maximum atomic E-state index is 14.8. The number of aromatic nitrogens is 2. The normalized spacial score (nSPS) is 22.0. The number of sulfonamides is 1. The predicted molar refractivity (Wildman–Crippen MR) is 237 cm³/mol. The SMILES string of the molecule is C=C[C@@H]1C[C@]1(NC(=O)[C@@H]1C[C@@H](Oc2cc(-c3ccccc3)nc3cc(OC)ccc23)CN1C(=O)[C@@H](NC(=O)OC(C)(C)C)C(C)(C)C)C(=O)NS(=O)(=O)C1(Cc2cccnc2)CC1. The minimum absolute atomic E-state index is 0.00943. The van der Waals surface area contributed by atoms with Crippen LogP contribution >= 0.6 is 0 Å². The Morgan fingerprint density at radius 2 is 1.73 bits per heavy atom. The van der Waals surface area contributed by atoms with Gasteiger partial charge in [0.2, 0.25) is 21.8 Å². The zero-order valence-corrected chi connectivity index (χ0v) is 37.6. The van der Waals surface area contributed by atoms with Gasteiger partial charge in [-0.1, -0.05) is 63.2 Å². The summed E-state index contributed by atoms with van der Waals surface area (Å²) >= 11 is 0. The van der Waals surface area contributed by atoms with Crippen LogP contribution in [0.3, 0.4) is 0 Å². The van der Waals surface area contributed by atoms with Gasteiger partial charge in [0.25, 0.3) is 5.91 Å². The first-order chi connectivity index (χ1) is 29.7. The molecular weight excluding hydrogens is 825 g/mol. The van der Waals surface area contributed by atoms with Crippen LogP contribution in [-0.2, 0) is 35.6 Å². The van der Waals surface area contributed by atoms with Gasteiger partial charge < -0.3 is 29.7 Å². The summed E-state index contributed by atoms with van der Waals surface area (Å²) in [6.07, 6.45) is 4.11. The fraction of sp³-hybridized carbons (Fsp3) is 0.447. The summed E-state index contributed by atoms with van der Waals surface area (Å²) in [7, 11) is -2.64. The molecule has 3 heterocycles. The predicted octanol–water partition coefficient (Wildman–Crippen LogP) is 5.88. The highest BCUT2D eigenvalue weighted by Crippen LogP contribution is 2.48. The fourth-order valence-electron chi connectivity index (χ4n) is 8.17. The largest absolute Gasteiger partial charge is 0.497 e. The number of hydrogen-bond donors (Lipinski definition) is 3. The lowest BCUT2D eigenvalue weighted by atomic mass is 9.85. The highest BCUT2D eigenvalue weighted by Gasteiger charge is 2.63. The van der Waals surface area contributed by atoms with Gasteiger partial charge >= 0.3 is 6.09 Å². The Labute approximate surface area is 368 Å². The topological polar surface area (TPSA) is 195 Å². The van der Waals surface area contributed by atoms with E-state index in [0.29, 0.717) is 40.9 Å². The second kappa shape index (κ2) is 16.9. The van der Waals surface area contributed by atoms with E-state index in [2.05, 4.69) is 26.9 Å². The Kier molecular flexibility index (Phi) is 12.1. The number of rotatable bonds is 14. The van der Waals surface area contributed by atoms with Gasteiger partial charge in [0.05, 0.1) is 29.6 Å². The first-order valence-corrected chi connectivity index (χ1v) is 22.6. The number of pyridine rings is 2. The van der Waals surface area contributed by atoms with E-state index in [4.69, 9.17) is 19.2 Å². The van der Waals surface area contributed by atoms with Crippen LogP contribution < -0.4 is 24.8 Å². The van der Waals surface area contributed by atoms with Crippen LogP contribution in [0.25, 0.3) is 22.2 Å². The highest BCUT2D eigenvalue weighted by molar-refractivity contribution is 7.91. The molecule has 63 heavy (non-hydrogen) atoms. The first kappa shape index (κ1) is 45.0. The number of fused-ring (bicyclic) bond motifs is 1. The van der Waals surface area contributed by atoms with Crippen LogP contribution in [0, 0.1) is 11.3 Å². The smallest absolute Gasteiger partial charge is 0.408 e. The van der Waals surface area contributed by atoms with E-state index in [0.717, 1.165) is 11.1 Å². The van der Waals surface area contributed by atoms with Crippen molar-refractivity contribution in [2.24, 2.45) is 11.3 Å². The quantitative estimate of drug-likeness (QED) is 0.128. The molecule has 4 aromatic rings. The molecule has 2 aromatic carbocycles. The third-order valence-electron chi connectivity index (χ3n) is 11.9. The number of carbonyl (C=O) groups is 4. The first-order valence-electron chi connectivity index (χ1n) is 21.1. The third kappa shape index (κ3) is 9.65. The number of alkyl carbamates (subject to hydrolysis) is 1. The van der Waals surface area contributed by atoms with Crippen LogP contribution in [0.1, 0.15) is 72.8 Å².